The first kappa shape index (κ1) is 15.5. The maximum absolute atomic E-state index is 4.58. The van der Waals surface area contributed by atoms with Crippen LogP contribution in [-0.4, -0.2) is 42.1 Å². The van der Waals surface area contributed by atoms with Crippen LogP contribution in [0, 0.1) is 0 Å². The molecule has 0 bridgehead atoms. The molecule has 0 aromatic carbocycles. The lowest BCUT2D eigenvalue weighted by molar-refractivity contribution is 0.662. The van der Waals surface area contributed by atoms with Gasteiger partial charge in [-0.3, -0.25) is 0 Å². The van der Waals surface area contributed by atoms with E-state index in [1.54, 1.807) is 11.3 Å². The van der Waals surface area contributed by atoms with E-state index < -0.39 is 0 Å². The number of hydrogen-bond acceptors (Lipinski definition) is 7. The Balaban J connectivity index is 2.37. The SMILES string of the molecule is CNc1nc(N(C)C)nc(N(Cc2cccs2)C(C)C)n1. The molecule has 6 nitrogen and oxygen atoms in total. The summed E-state index contributed by atoms with van der Waals surface area (Å²) in [5.41, 5.74) is 0. The minimum absolute atomic E-state index is 0.300. The van der Waals surface area contributed by atoms with E-state index in [-0.39, 0.29) is 0 Å². The fraction of sp³-hybridized carbons (Fsp3) is 0.500. The van der Waals surface area contributed by atoms with Crippen LogP contribution in [-0.2, 0) is 6.54 Å². The number of rotatable bonds is 6. The molecule has 2 heterocycles. The molecule has 0 atom stereocenters. The molecule has 21 heavy (non-hydrogen) atoms. The Kier molecular flexibility index (Phi) is 4.95. The summed E-state index contributed by atoms with van der Waals surface area (Å²) in [4.78, 5) is 18.8. The van der Waals surface area contributed by atoms with Gasteiger partial charge in [-0.25, -0.2) is 0 Å². The van der Waals surface area contributed by atoms with Gasteiger partial charge in [0, 0.05) is 32.1 Å². The standard InChI is InChI=1S/C14H22N6S/c1-10(2)20(9-11-7-6-8-21-11)14-17-12(15-3)16-13(18-14)19(4)5/h6-8,10H,9H2,1-5H3,(H,15,16,17,18). The van der Waals surface area contributed by atoms with E-state index >= 15 is 0 Å². The lowest BCUT2D eigenvalue weighted by Gasteiger charge is -2.27. The van der Waals surface area contributed by atoms with Gasteiger partial charge in [-0.2, -0.15) is 15.0 Å². The van der Waals surface area contributed by atoms with Gasteiger partial charge < -0.3 is 15.1 Å². The molecule has 0 unspecified atom stereocenters. The van der Waals surface area contributed by atoms with Gasteiger partial charge in [0.15, 0.2) is 0 Å². The van der Waals surface area contributed by atoms with E-state index in [1.165, 1.54) is 4.88 Å². The molecule has 0 aliphatic rings. The van der Waals surface area contributed by atoms with Crippen LogP contribution in [0.15, 0.2) is 17.5 Å². The van der Waals surface area contributed by atoms with Crippen molar-refractivity contribution in [2.45, 2.75) is 26.4 Å². The second-order valence-corrected chi connectivity index (χ2v) is 6.24. The van der Waals surface area contributed by atoms with Crippen LogP contribution >= 0.6 is 11.3 Å². The second kappa shape index (κ2) is 6.71. The summed E-state index contributed by atoms with van der Waals surface area (Å²) in [7, 11) is 5.67. The average Bonchev–Trinajstić information content (AvgIpc) is 2.96. The molecule has 7 heteroatoms. The molecule has 0 amide bonds. The van der Waals surface area contributed by atoms with Gasteiger partial charge in [0.25, 0.3) is 0 Å². The second-order valence-electron chi connectivity index (χ2n) is 5.20. The highest BCUT2D eigenvalue weighted by molar-refractivity contribution is 7.09. The van der Waals surface area contributed by atoms with Gasteiger partial charge in [0.05, 0.1) is 6.54 Å². The molecule has 1 N–H and O–H groups in total. The summed E-state index contributed by atoms with van der Waals surface area (Å²) in [6, 6.07) is 4.50. The van der Waals surface area contributed by atoms with Gasteiger partial charge >= 0.3 is 0 Å². The van der Waals surface area contributed by atoms with Crippen LogP contribution in [0.1, 0.15) is 18.7 Å². The number of anilines is 3. The van der Waals surface area contributed by atoms with Crippen LogP contribution in [0.25, 0.3) is 0 Å². The number of nitrogens with zero attached hydrogens (tertiary/aromatic N) is 5. The van der Waals surface area contributed by atoms with Crippen molar-refractivity contribution >= 4 is 29.2 Å². The Morgan fingerprint density at radius 2 is 1.90 bits per heavy atom. The molecule has 2 aromatic heterocycles. The average molecular weight is 306 g/mol. The summed E-state index contributed by atoms with van der Waals surface area (Å²) < 4.78 is 0. The minimum Gasteiger partial charge on any atom is -0.357 e. The number of thiophene rings is 1. The molecule has 0 radical (unpaired) electrons. The van der Waals surface area contributed by atoms with E-state index in [0.717, 1.165) is 6.54 Å². The van der Waals surface area contributed by atoms with Crippen molar-refractivity contribution in [2.75, 3.05) is 36.3 Å². The lowest BCUT2D eigenvalue weighted by Crippen LogP contribution is -2.32. The Morgan fingerprint density at radius 1 is 1.19 bits per heavy atom. The number of nitrogens with one attached hydrogen (secondary N) is 1. The molecule has 2 rings (SSSR count). The molecule has 0 spiro atoms. The highest BCUT2D eigenvalue weighted by Gasteiger charge is 2.17. The topological polar surface area (TPSA) is 57.2 Å². The molecule has 0 saturated carbocycles. The lowest BCUT2D eigenvalue weighted by atomic mass is 10.3. The third-order valence-electron chi connectivity index (χ3n) is 3.02. The highest BCUT2D eigenvalue weighted by Crippen LogP contribution is 2.21. The Labute approximate surface area is 129 Å². The largest absolute Gasteiger partial charge is 0.357 e. The third-order valence-corrected chi connectivity index (χ3v) is 3.88. The molecule has 114 valence electrons. The van der Waals surface area contributed by atoms with E-state index in [4.69, 9.17) is 0 Å². The van der Waals surface area contributed by atoms with E-state index in [9.17, 15) is 0 Å². The molecule has 0 fully saturated rings. The molecular formula is C14H22N6S. The van der Waals surface area contributed by atoms with E-state index in [1.807, 2.05) is 26.0 Å². The maximum Gasteiger partial charge on any atom is 0.232 e. The van der Waals surface area contributed by atoms with Gasteiger partial charge in [-0.1, -0.05) is 6.07 Å². The molecule has 2 aromatic rings. The minimum atomic E-state index is 0.300. The predicted octanol–water partition coefficient (Wildman–Crippen LogP) is 2.46. The molecule has 0 saturated heterocycles. The summed E-state index contributed by atoms with van der Waals surface area (Å²) in [6.07, 6.45) is 0. The highest BCUT2D eigenvalue weighted by atomic mass is 32.1. The van der Waals surface area contributed by atoms with E-state index in [0.29, 0.717) is 23.9 Å². The van der Waals surface area contributed by atoms with Gasteiger partial charge in [0.1, 0.15) is 0 Å². The van der Waals surface area contributed by atoms with Crippen molar-refractivity contribution in [1.29, 1.82) is 0 Å². The van der Waals surface area contributed by atoms with Crippen molar-refractivity contribution in [3.63, 3.8) is 0 Å². The summed E-state index contributed by atoms with van der Waals surface area (Å²) >= 11 is 1.74. The summed E-state index contributed by atoms with van der Waals surface area (Å²) in [6.45, 7) is 5.09. The number of hydrogen-bond donors (Lipinski definition) is 1. The zero-order valence-corrected chi connectivity index (χ0v) is 14.0. The smallest absolute Gasteiger partial charge is 0.232 e. The first-order chi connectivity index (χ1) is 10.0. The quantitative estimate of drug-likeness (QED) is 0.885. The van der Waals surface area contributed by atoms with Gasteiger partial charge in [0.2, 0.25) is 17.8 Å². The maximum atomic E-state index is 4.58. The monoisotopic (exact) mass is 306 g/mol. The Hall–Kier alpha value is -1.89. The van der Waals surface area contributed by atoms with Crippen molar-refractivity contribution in [2.24, 2.45) is 0 Å². The predicted molar refractivity (Wildman–Crippen MR) is 89.3 cm³/mol. The normalized spacial score (nSPS) is 10.8. The first-order valence-electron chi connectivity index (χ1n) is 6.91. The molecular weight excluding hydrogens is 284 g/mol. The zero-order valence-electron chi connectivity index (χ0n) is 13.2. The van der Waals surface area contributed by atoms with Crippen LogP contribution in [0.4, 0.5) is 17.8 Å². The zero-order chi connectivity index (χ0) is 15.4. The van der Waals surface area contributed by atoms with Gasteiger partial charge in [-0.05, 0) is 25.3 Å². The molecule has 0 aliphatic heterocycles. The van der Waals surface area contributed by atoms with Gasteiger partial charge in [-0.15, -0.1) is 11.3 Å². The third kappa shape index (κ3) is 3.81. The van der Waals surface area contributed by atoms with Crippen LogP contribution in [0.2, 0.25) is 0 Å². The number of aromatic nitrogens is 3. The Bertz CT molecular complexity index is 567. The van der Waals surface area contributed by atoms with E-state index in [2.05, 4.69) is 56.5 Å². The summed E-state index contributed by atoms with van der Waals surface area (Å²) in [5.74, 6) is 1.93. The van der Waals surface area contributed by atoms with Crippen LogP contribution in [0.5, 0.6) is 0 Å². The van der Waals surface area contributed by atoms with Crippen molar-refractivity contribution < 1.29 is 0 Å². The van der Waals surface area contributed by atoms with Crippen LogP contribution < -0.4 is 15.1 Å². The van der Waals surface area contributed by atoms with Crippen molar-refractivity contribution in [3.05, 3.63) is 22.4 Å². The molecule has 0 aliphatic carbocycles. The van der Waals surface area contributed by atoms with Crippen molar-refractivity contribution in [3.8, 4) is 0 Å². The van der Waals surface area contributed by atoms with Crippen molar-refractivity contribution in [1.82, 2.24) is 15.0 Å². The first-order valence-corrected chi connectivity index (χ1v) is 7.79. The fourth-order valence-corrected chi connectivity index (χ4v) is 2.55. The summed E-state index contributed by atoms with van der Waals surface area (Å²) in [5, 5.41) is 5.09. The Morgan fingerprint density at radius 3 is 2.43 bits per heavy atom. The fourth-order valence-electron chi connectivity index (χ4n) is 1.85. The van der Waals surface area contributed by atoms with Crippen LogP contribution in [0.3, 0.4) is 0 Å².